The molecule has 0 saturated carbocycles. The summed E-state index contributed by atoms with van der Waals surface area (Å²) in [6.45, 7) is 2.55. The van der Waals surface area contributed by atoms with Gasteiger partial charge in [0.2, 0.25) is 10.0 Å². The molecule has 3 rings (SSSR count). The van der Waals surface area contributed by atoms with Crippen molar-refractivity contribution < 1.29 is 8.42 Å². The smallest absolute Gasteiger partial charge is 0.211 e. The predicted octanol–water partition coefficient (Wildman–Crippen LogP) is 1.17. The Labute approximate surface area is 119 Å². The van der Waals surface area contributed by atoms with Crippen LogP contribution in [0.15, 0.2) is 12.4 Å². The van der Waals surface area contributed by atoms with Crippen LogP contribution in [0.5, 0.6) is 0 Å². The molecule has 7 heteroatoms. The second-order valence-corrected chi connectivity index (χ2v) is 7.43. The van der Waals surface area contributed by atoms with E-state index in [0.717, 1.165) is 50.3 Å². The van der Waals surface area contributed by atoms with E-state index in [1.807, 2.05) is 0 Å². The molecule has 0 N–H and O–H groups in total. The number of hydrogen-bond acceptors (Lipinski definition) is 5. The number of anilines is 1. The van der Waals surface area contributed by atoms with Crippen LogP contribution in [0, 0.1) is 0 Å². The Morgan fingerprint density at radius 3 is 2.50 bits per heavy atom. The third kappa shape index (κ3) is 2.52. The van der Waals surface area contributed by atoms with E-state index in [-0.39, 0.29) is 6.04 Å². The van der Waals surface area contributed by atoms with E-state index in [4.69, 9.17) is 0 Å². The van der Waals surface area contributed by atoms with Crippen LogP contribution in [0.2, 0.25) is 0 Å². The Balaban J connectivity index is 1.97. The minimum atomic E-state index is -3.19. The first-order valence-electron chi connectivity index (χ1n) is 7.10. The minimum absolute atomic E-state index is 0.158. The zero-order valence-electron chi connectivity index (χ0n) is 11.7. The molecule has 0 bridgehead atoms. The maximum atomic E-state index is 11.9. The quantitative estimate of drug-likeness (QED) is 0.838. The fourth-order valence-corrected chi connectivity index (χ4v) is 4.29. The van der Waals surface area contributed by atoms with Crippen molar-refractivity contribution in [3.05, 3.63) is 18.1 Å². The van der Waals surface area contributed by atoms with Gasteiger partial charge in [-0.05, 0) is 25.7 Å². The zero-order chi connectivity index (χ0) is 14.2. The Hall–Kier alpha value is -1.21. The second kappa shape index (κ2) is 5.29. The number of sulfonamides is 1. The van der Waals surface area contributed by atoms with Crippen LogP contribution in [-0.4, -0.2) is 48.6 Å². The van der Waals surface area contributed by atoms with Gasteiger partial charge in [-0.3, -0.25) is 4.98 Å². The van der Waals surface area contributed by atoms with Gasteiger partial charge >= 0.3 is 0 Å². The lowest BCUT2D eigenvalue weighted by molar-refractivity contribution is 0.393. The molecule has 0 amide bonds. The molecule has 2 fully saturated rings. The van der Waals surface area contributed by atoms with Crippen LogP contribution in [0.25, 0.3) is 0 Å². The van der Waals surface area contributed by atoms with Gasteiger partial charge in [0.1, 0.15) is 5.69 Å². The molecule has 1 aromatic rings. The Bertz CT molecular complexity index is 584. The molecule has 2 saturated heterocycles. The number of hydrogen-bond donors (Lipinski definition) is 0. The molecule has 1 aromatic heterocycles. The van der Waals surface area contributed by atoms with E-state index in [1.54, 1.807) is 16.7 Å². The van der Waals surface area contributed by atoms with Gasteiger partial charge in [0.15, 0.2) is 5.82 Å². The molecule has 0 unspecified atom stereocenters. The molecule has 2 aliphatic heterocycles. The molecular formula is C13H20N4O2S. The van der Waals surface area contributed by atoms with E-state index in [0.29, 0.717) is 6.54 Å². The number of aromatic nitrogens is 2. The summed E-state index contributed by atoms with van der Waals surface area (Å²) >= 11 is 0. The molecule has 110 valence electrons. The van der Waals surface area contributed by atoms with Crippen molar-refractivity contribution in [1.82, 2.24) is 14.3 Å². The normalized spacial score (nSPS) is 24.4. The van der Waals surface area contributed by atoms with Crippen molar-refractivity contribution in [1.29, 1.82) is 0 Å². The molecule has 2 aliphatic rings. The highest BCUT2D eigenvalue weighted by Gasteiger charge is 2.36. The first-order chi connectivity index (χ1) is 9.57. The summed E-state index contributed by atoms with van der Waals surface area (Å²) < 4.78 is 25.4. The van der Waals surface area contributed by atoms with Gasteiger partial charge in [0.05, 0.1) is 12.3 Å². The van der Waals surface area contributed by atoms with Crippen LogP contribution < -0.4 is 4.90 Å². The van der Waals surface area contributed by atoms with Crippen LogP contribution in [-0.2, 0) is 10.0 Å². The van der Waals surface area contributed by atoms with Crippen LogP contribution in [0.4, 0.5) is 5.82 Å². The van der Waals surface area contributed by atoms with Crippen LogP contribution in [0.1, 0.15) is 37.4 Å². The number of rotatable bonds is 3. The molecule has 0 radical (unpaired) electrons. The lowest BCUT2D eigenvalue weighted by Crippen LogP contribution is -2.32. The molecule has 3 heterocycles. The van der Waals surface area contributed by atoms with Gasteiger partial charge in [-0.2, -0.15) is 4.31 Å². The summed E-state index contributed by atoms with van der Waals surface area (Å²) in [4.78, 5) is 11.1. The maximum absolute atomic E-state index is 11.9. The average molecular weight is 296 g/mol. The summed E-state index contributed by atoms with van der Waals surface area (Å²) in [7, 11) is -3.19. The van der Waals surface area contributed by atoms with Crippen molar-refractivity contribution in [3.8, 4) is 0 Å². The molecule has 0 aliphatic carbocycles. The highest BCUT2D eigenvalue weighted by Crippen LogP contribution is 2.37. The van der Waals surface area contributed by atoms with E-state index < -0.39 is 10.0 Å². The largest absolute Gasteiger partial charge is 0.355 e. The summed E-state index contributed by atoms with van der Waals surface area (Å²) in [6, 6.07) is -0.158. The van der Waals surface area contributed by atoms with Gasteiger partial charge in [0.25, 0.3) is 0 Å². The van der Waals surface area contributed by atoms with Crippen molar-refractivity contribution in [2.24, 2.45) is 0 Å². The lowest BCUT2D eigenvalue weighted by Gasteiger charge is -2.26. The average Bonchev–Trinajstić information content (AvgIpc) is 3.09. The van der Waals surface area contributed by atoms with Gasteiger partial charge in [-0.1, -0.05) is 0 Å². The summed E-state index contributed by atoms with van der Waals surface area (Å²) in [5, 5.41) is 0. The SMILES string of the molecule is CS(=O)(=O)N1CCC[C@H]1c1nccnc1N1CCCC1. The highest BCUT2D eigenvalue weighted by molar-refractivity contribution is 7.88. The Morgan fingerprint density at radius 2 is 1.80 bits per heavy atom. The van der Waals surface area contributed by atoms with Crippen molar-refractivity contribution >= 4 is 15.8 Å². The second-order valence-electron chi connectivity index (χ2n) is 5.49. The molecular weight excluding hydrogens is 276 g/mol. The predicted molar refractivity (Wildman–Crippen MR) is 77.0 cm³/mol. The van der Waals surface area contributed by atoms with Gasteiger partial charge in [-0.15, -0.1) is 0 Å². The Kier molecular flexibility index (Phi) is 3.64. The monoisotopic (exact) mass is 296 g/mol. The standard InChI is InChI=1S/C13H20N4O2S/c1-20(18,19)17-10-4-5-11(17)12-13(15-7-6-14-12)16-8-2-3-9-16/h6-7,11H,2-5,8-10H2,1H3/t11-/m0/s1. The fourth-order valence-electron chi connectivity index (χ4n) is 3.16. The van der Waals surface area contributed by atoms with Gasteiger partial charge in [0, 0.05) is 32.0 Å². The van der Waals surface area contributed by atoms with Crippen molar-refractivity contribution in [3.63, 3.8) is 0 Å². The van der Waals surface area contributed by atoms with Gasteiger partial charge in [-0.25, -0.2) is 13.4 Å². The lowest BCUT2D eigenvalue weighted by atomic mass is 10.1. The molecule has 6 nitrogen and oxygen atoms in total. The molecule has 0 aromatic carbocycles. The van der Waals surface area contributed by atoms with Gasteiger partial charge < -0.3 is 4.90 Å². The third-order valence-electron chi connectivity index (χ3n) is 4.06. The molecule has 1 atom stereocenters. The summed E-state index contributed by atoms with van der Waals surface area (Å²) in [6.07, 6.45) is 8.66. The van der Waals surface area contributed by atoms with E-state index in [9.17, 15) is 8.42 Å². The minimum Gasteiger partial charge on any atom is -0.355 e. The van der Waals surface area contributed by atoms with Crippen molar-refractivity contribution in [2.75, 3.05) is 30.8 Å². The Morgan fingerprint density at radius 1 is 1.10 bits per heavy atom. The van der Waals surface area contributed by atoms with E-state index in [1.165, 1.54) is 6.26 Å². The van der Waals surface area contributed by atoms with Crippen molar-refractivity contribution in [2.45, 2.75) is 31.7 Å². The highest BCUT2D eigenvalue weighted by atomic mass is 32.2. The van der Waals surface area contributed by atoms with Crippen LogP contribution in [0.3, 0.4) is 0 Å². The number of nitrogens with zero attached hydrogens (tertiary/aromatic N) is 4. The fraction of sp³-hybridized carbons (Fsp3) is 0.692. The molecule has 0 spiro atoms. The molecule has 20 heavy (non-hydrogen) atoms. The van der Waals surface area contributed by atoms with E-state index >= 15 is 0 Å². The first kappa shape index (κ1) is 13.8. The van der Waals surface area contributed by atoms with Crippen LogP contribution >= 0.6 is 0 Å². The maximum Gasteiger partial charge on any atom is 0.211 e. The zero-order valence-corrected chi connectivity index (χ0v) is 12.5. The third-order valence-corrected chi connectivity index (χ3v) is 5.35. The van der Waals surface area contributed by atoms with E-state index in [2.05, 4.69) is 14.9 Å². The first-order valence-corrected chi connectivity index (χ1v) is 8.95. The summed E-state index contributed by atoms with van der Waals surface area (Å²) in [5.74, 6) is 0.866. The topological polar surface area (TPSA) is 66.4 Å². The summed E-state index contributed by atoms with van der Waals surface area (Å²) in [5.41, 5.74) is 0.817.